The topological polar surface area (TPSA) is 102 Å². The number of nitrogens with one attached hydrogen (secondary N) is 1. The van der Waals surface area contributed by atoms with Crippen molar-refractivity contribution in [3.8, 4) is 0 Å². The largest absolute Gasteiger partial charge is 0.325 e. The van der Waals surface area contributed by atoms with Crippen LogP contribution in [0.2, 0.25) is 0 Å². The summed E-state index contributed by atoms with van der Waals surface area (Å²) in [5.41, 5.74) is 0.932. The molecule has 1 heterocycles. The van der Waals surface area contributed by atoms with E-state index in [4.69, 9.17) is 5.14 Å². The SMILES string of the molecule is Cc1ccc(NC(=O)CSc2ccncc2)cc1S(N)(=O)=O. The van der Waals surface area contributed by atoms with Crippen LogP contribution < -0.4 is 10.5 Å². The molecule has 1 amide bonds. The predicted octanol–water partition coefficient (Wildman–Crippen LogP) is 1.77. The lowest BCUT2D eigenvalue weighted by atomic mass is 10.2. The Hall–Kier alpha value is -1.90. The standard InChI is InChI=1S/C14H15N3O3S2/c1-10-2-3-11(8-13(10)22(15,19)20)17-14(18)9-21-12-4-6-16-7-5-12/h2-8H,9H2,1H3,(H,17,18)(H2,15,19,20). The molecular formula is C14H15N3O3S2. The molecule has 116 valence electrons. The number of hydrogen-bond donors (Lipinski definition) is 2. The first-order valence-corrected chi connectivity index (χ1v) is 8.85. The number of rotatable bonds is 5. The molecule has 0 saturated carbocycles. The number of sulfonamides is 1. The molecule has 0 unspecified atom stereocenters. The molecule has 3 N–H and O–H groups in total. The van der Waals surface area contributed by atoms with Crippen LogP contribution in [0.3, 0.4) is 0 Å². The average Bonchev–Trinajstić information content (AvgIpc) is 2.47. The quantitative estimate of drug-likeness (QED) is 0.810. The number of aryl methyl sites for hydroxylation is 1. The first-order chi connectivity index (χ1) is 10.4. The van der Waals surface area contributed by atoms with Crippen molar-refractivity contribution in [2.24, 2.45) is 5.14 Å². The van der Waals surface area contributed by atoms with E-state index in [2.05, 4.69) is 10.3 Å². The van der Waals surface area contributed by atoms with Crippen molar-refractivity contribution >= 4 is 33.4 Å². The van der Waals surface area contributed by atoms with Crippen LogP contribution in [0.15, 0.2) is 52.5 Å². The predicted molar refractivity (Wildman–Crippen MR) is 86.1 cm³/mol. The van der Waals surface area contributed by atoms with Crippen molar-refractivity contribution in [3.63, 3.8) is 0 Å². The van der Waals surface area contributed by atoms with Crippen LogP contribution in [0.25, 0.3) is 0 Å². The lowest BCUT2D eigenvalue weighted by Gasteiger charge is -2.09. The summed E-state index contributed by atoms with van der Waals surface area (Å²) >= 11 is 1.37. The van der Waals surface area contributed by atoms with Crippen molar-refractivity contribution in [2.75, 3.05) is 11.1 Å². The third-order valence-corrected chi connectivity index (χ3v) is 4.86. The summed E-state index contributed by atoms with van der Waals surface area (Å²) in [6, 6.07) is 8.22. The molecule has 2 aromatic rings. The number of primary sulfonamides is 1. The number of amides is 1. The van der Waals surface area contributed by atoms with E-state index in [9.17, 15) is 13.2 Å². The molecule has 2 rings (SSSR count). The summed E-state index contributed by atoms with van der Waals surface area (Å²) < 4.78 is 22.9. The molecule has 0 aliphatic carbocycles. The van der Waals surface area contributed by atoms with Gasteiger partial charge in [-0.2, -0.15) is 0 Å². The summed E-state index contributed by atoms with van der Waals surface area (Å²) in [6.45, 7) is 1.64. The number of nitrogens with zero attached hydrogens (tertiary/aromatic N) is 1. The Labute approximate surface area is 133 Å². The van der Waals surface area contributed by atoms with Crippen LogP contribution in [0.1, 0.15) is 5.56 Å². The van der Waals surface area contributed by atoms with E-state index in [0.717, 1.165) is 4.90 Å². The molecule has 22 heavy (non-hydrogen) atoms. The maximum Gasteiger partial charge on any atom is 0.238 e. The molecule has 0 aliphatic rings. The molecule has 0 radical (unpaired) electrons. The van der Waals surface area contributed by atoms with Gasteiger partial charge in [0.2, 0.25) is 15.9 Å². The number of benzene rings is 1. The van der Waals surface area contributed by atoms with Crippen molar-refractivity contribution in [2.45, 2.75) is 16.7 Å². The summed E-state index contributed by atoms with van der Waals surface area (Å²) in [7, 11) is -3.81. The van der Waals surface area contributed by atoms with E-state index in [1.807, 2.05) is 12.1 Å². The van der Waals surface area contributed by atoms with Crippen LogP contribution in [0.5, 0.6) is 0 Å². The highest BCUT2D eigenvalue weighted by molar-refractivity contribution is 8.00. The Morgan fingerprint density at radius 3 is 2.59 bits per heavy atom. The highest BCUT2D eigenvalue weighted by atomic mass is 32.2. The van der Waals surface area contributed by atoms with Gasteiger partial charge in [-0.15, -0.1) is 11.8 Å². The fraction of sp³-hybridized carbons (Fsp3) is 0.143. The number of hydrogen-bond acceptors (Lipinski definition) is 5. The van der Waals surface area contributed by atoms with Crippen molar-refractivity contribution in [1.29, 1.82) is 0 Å². The van der Waals surface area contributed by atoms with Gasteiger partial charge in [-0.25, -0.2) is 13.6 Å². The van der Waals surface area contributed by atoms with Crippen molar-refractivity contribution < 1.29 is 13.2 Å². The van der Waals surface area contributed by atoms with E-state index in [1.54, 1.807) is 31.5 Å². The number of carbonyl (C=O) groups excluding carboxylic acids is 1. The molecule has 6 nitrogen and oxygen atoms in total. The Morgan fingerprint density at radius 2 is 1.95 bits per heavy atom. The Balaban J connectivity index is 2.03. The Morgan fingerprint density at radius 1 is 1.27 bits per heavy atom. The summed E-state index contributed by atoms with van der Waals surface area (Å²) in [4.78, 5) is 16.7. The number of thioether (sulfide) groups is 1. The smallest absolute Gasteiger partial charge is 0.238 e. The van der Waals surface area contributed by atoms with Gasteiger partial charge >= 0.3 is 0 Å². The summed E-state index contributed by atoms with van der Waals surface area (Å²) in [5.74, 6) is -0.0196. The molecule has 0 fully saturated rings. The lowest BCUT2D eigenvalue weighted by Crippen LogP contribution is -2.17. The van der Waals surface area contributed by atoms with E-state index in [-0.39, 0.29) is 16.6 Å². The highest BCUT2D eigenvalue weighted by Gasteiger charge is 2.13. The van der Waals surface area contributed by atoms with Crippen LogP contribution >= 0.6 is 11.8 Å². The second kappa shape index (κ2) is 6.91. The first kappa shape index (κ1) is 16.5. The van der Waals surface area contributed by atoms with Gasteiger partial charge in [-0.3, -0.25) is 9.78 Å². The van der Waals surface area contributed by atoms with E-state index in [0.29, 0.717) is 11.3 Å². The van der Waals surface area contributed by atoms with Crippen LogP contribution in [-0.4, -0.2) is 25.1 Å². The maximum absolute atomic E-state index is 11.9. The molecule has 0 bridgehead atoms. The van der Waals surface area contributed by atoms with Crippen LogP contribution in [0.4, 0.5) is 5.69 Å². The fourth-order valence-electron chi connectivity index (χ4n) is 1.76. The fourth-order valence-corrected chi connectivity index (χ4v) is 3.26. The number of aromatic nitrogens is 1. The minimum atomic E-state index is -3.81. The zero-order valence-electron chi connectivity index (χ0n) is 11.8. The molecule has 1 aromatic carbocycles. The van der Waals surface area contributed by atoms with Gasteiger partial charge in [0.05, 0.1) is 10.6 Å². The van der Waals surface area contributed by atoms with E-state index < -0.39 is 10.0 Å². The van der Waals surface area contributed by atoms with Gasteiger partial charge < -0.3 is 5.32 Å². The number of pyridine rings is 1. The summed E-state index contributed by atoms with van der Waals surface area (Å²) in [5, 5.41) is 7.80. The number of nitrogens with two attached hydrogens (primary N) is 1. The molecule has 0 atom stereocenters. The van der Waals surface area contributed by atoms with Gasteiger partial charge in [0, 0.05) is 23.0 Å². The van der Waals surface area contributed by atoms with Gasteiger partial charge in [-0.05, 0) is 36.8 Å². The maximum atomic E-state index is 11.9. The van der Waals surface area contributed by atoms with E-state index >= 15 is 0 Å². The second-order valence-corrected chi connectivity index (χ2v) is 7.12. The second-order valence-electron chi connectivity index (χ2n) is 4.55. The van der Waals surface area contributed by atoms with Crippen molar-refractivity contribution in [3.05, 3.63) is 48.3 Å². The van der Waals surface area contributed by atoms with Gasteiger partial charge in [0.15, 0.2) is 0 Å². The first-order valence-electron chi connectivity index (χ1n) is 6.32. The minimum Gasteiger partial charge on any atom is -0.325 e. The molecule has 1 aromatic heterocycles. The van der Waals surface area contributed by atoms with Gasteiger partial charge in [0.1, 0.15) is 0 Å². The summed E-state index contributed by atoms with van der Waals surface area (Å²) in [6.07, 6.45) is 3.30. The molecule has 8 heteroatoms. The molecular weight excluding hydrogens is 322 g/mol. The van der Waals surface area contributed by atoms with Crippen molar-refractivity contribution in [1.82, 2.24) is 4.98 Å². The van der Waals surface area contributed by atoms with Gasteiger partial charge in [0.25, 0.3) is 0 Å². The average molecular weight is 337 g/mol. The Kier molecular flexibility index (Phi) is 5.17. The van der Waals surface area contributed by atoms with E-state index in [1.165, 1.54) is 17.8 Å². The van der Waals surface area contributed by atoms with Crippen LogP contribution in [0, 0.1) is 6.92 Å². The molecule has 0 aliphatic heterocycles. The zero-order valence-corrected chi connectivity index (χ0v) is 13.4. The third-order valence-electron chi connectivity index (χ3n) is 2.80. The number of carbonyl (C=O) groups is 1. The molecule has 0 saturated heterocycles. The Bertz CT molecular complexity index is 777. The van der Waals surface area contributed by atoms with Gasteiger partial charge in [-0.1, -0.05) is 6.07 Å². The zero-order chi connectivity index (χ0) is 16.2. The normalized spacial score (nSPS) is 11.2. The lowest BCUT2D eigenvalue weighted by molar-refractivity contribution is -0.113. The third kappa shape index (κ3) is 4.55. The minimum absolute atomic E-state index is 0.00656. The van der Waals surface area contributed by atoms with Crippen LogP contribution in [-0.2, 0) is 14.8 Å². The highest BCUT2D eigenvalue weighted by Crippen LogP contribution is 2.20. The monoisotopic (exact) mass is 337 g/mol. The molecule has 0 spiro atoms. The number of anilines is 1.